The SMILES string of the molecule is COc1ccc(Br)cc1/C=c1\sc2nc(-c3ccccc3OC(C)=O)nn2c1=O. The molecule has 2 aromatic carbocycles. The van der Waals surface area contributed by atoms with Crippen molar-refractivity contribution in [1.29, 1.82) is 0 Å². The Balaban J connectivity index is 1.82. The first-order valence-corrected chi connectivity index (χ1v) is 10.1. The molecule has 2 heterocycles. The second kappa shape index (κ2) is 7.76. The molecular formula is C20H14BrN3O4S. The molecule has 0 unspecified atom stereocenters. The maximum atomic E-state index is 12.8. The van der Waals surface area contributed by atoms with Gasteiger partial charge in [-0.2, -0.15) is 9.50 Å². The minimum Gasteiger partial charge on any atom is -0.496 e. The van der Waals surface area contributed by atoms with Crippen LogP contribution < -0.4 is 19.6 Å². The number of carbonyl (C=O) groups excluding carboxylic acids is 1. The summed E-state index contributed by atoms with van der Waals surface area (Å²) in [6, 6.07) is 12.5. The topological polar surface area (TPSA) is 82.8 Å². The maximum Gasteiger partial charge on any atom is 0.308 e. The van der Waals surface area contributed by atoms with Crippen molar-refractivity contribution in [3.63, 3.8) is 0 Å². The van der Waals surface area contributed by atoms with Crippen molar-refractivity contribution in [2.45, 2.75) is 6.92 Å². The molecule has 4 aromatic rings. The van der Waals surface area contributed by atoms with E-state index < -0.39 is 5.97 Å². The zero-order chi connectivity index (χ0) is 20.5. The maximum absolute atomic E-state index is 12.8. The molecule has 0 radical (unpaired) electrons. The first-order valence-electron chi connectivity index (χ1n) is 8.49. The number of esters is 1. The summed E-state index contributed by atoms with van der Waals surface area (Å²) in [6.07, 6.45) is 1.75. The molecule has 0 aliphatic carbocycles. The predicted molar refractivity (Wildman–Crippen MR) is 113 cm³/mol. The van der Waals surface area contributed by atoms with E-state index in [0.717, 1.165) is 10.0 Å². The lowest BCUT2D eigenvalue weighted by Gasteiger charge is -2.05. The molecule has 4 rings (SSSR count). The molecule has 29 heavy (non-hydrogen) atoms. The molecule has 0 atom stereocenters. The minimum atomic E-state index is -0.442. The molecule has 0 saturated carbocycles. The summed E-state index contributed by atoms with van der Waals surface area (Å²) >= 11 is 4.65. The molecule has 0 saturated heterocycles. The fraction of sp³-hybridized carbons (Fsp3) is 0.100. The number of ether oxygens (including phenoxy) is 2. The van der Waals surface area contributed by atoms with Crippen molar-refractivity contribution >= 4 is 44.3 Å². The van der Waals surface area contributed by atoms with Gasteiger partial charge in [-0.15, -0.1) is 5.10 Å². The largest absolute Gasteiger partial charge is 0.496 e. The van der Waals surface area contributed by atoms with Gasteiger partial charge >= 0.3 is 5.97 Å². The van der Waals surface area contributed by atoms with Gasteiger partial charge in [-0.1, -0.05) is 39.4 Å². The second-order valence-electron chi connectivity index (χ2n) is 6.02. The highest BCUT2D eigenvalue weighted by atomic mass is 79.9. The van der Waals surface area contributed by atoms with E-state index in [1.54, 1.807) is 37.5 Å². The Morgan fingerprint density at radius 3 is 2.72 bits per heavy atom. The third-order valence-corrected chi connectivity index (χ3v) is 5.49. The van der Waals surface area contributed by atoms with Gasteiger partial charge in [-0.3, -0.25) is 9.59 Å². The number of halogens is 1. The van der Waals surface area contributed by atoms with Crippen LogP contribution in [0.2, 0.25) is 0 Å². The number of rotatable bonds is 4. The van der Waals surface area contributed by atoms with Crippen LogP contribution in [0, 0.1) is 0 Å². The Morgan fingerprint density at radius 2 is 2.00 bits per heavy atom. The van der Waals surface area contributed by atoms with Crippen molar-refractivity contribution in [3.05, 3.63) is 67.4 Å². The van der Waals surface area contributed by atoms with Gasteiger partial charge in [0.1, 0.15) is 11.5 Å². The normalized spacial score (nSPS) is 11.8. The average Bonchev–Trinajstić information content (AvgIpc) is 3.22. The lowest BCUT2D eigenvalue weighted by Crippen LogP contribution is -2.23. The molecule has 0 N–H and O–H groups in total. The van der Waals surface area contributed by atoms with Crippen molar-refractivity contribution in [3.8, 4) is 22.9 Å². The highest BCUT2D eigenvalue weighted by Gasteiger charge is 2.16. The first-order chi connectivity index (χ1) is 14.0. The Bertz CT molecular complexity index is 1350. The summed E-state index contributed by atoms with van der Waals surface area (Å²) < 4.78 is 13.2. The van der Waals surface area contributed by atoms with Gasteiger partial charge in [-0.25, -0.2) is 0 Å². The van der Waals surface area contributed by atoms with Crippen molar-refractivity contribution in [2.75, 3.05) is 7.11 Å². The van der Waals surface area contributed by atoms with E-state index >= 15 is 0 Å². The number of methoxy groups -OCH3 is 1. The van der Waals surface area contributed by atoms with Crippen LogP contribution in [-0.4, -0.2) is 27.7 Å². The summed E-state index contributed by atoms with van der Waals surface area (Å²) in [5, 5.41) is 4.32. The lowest BCUT2D eigenvalue weighted by atomic mass is 10.2. The van der Waals surface area contributed by atoms with Crippen LogP contribution >= 0.6 is 27.3 Å². The van der Waals surface area contributed by atoms with Gasteiger partial charge in [0, 0.05) is 17.0 Å². The van der Waals surface area contributed by atoms with E-state index in [1.165, 1.54) is 22.8 Å². The van der Waals surface area contributed by atoms with Crippen LogP contribution in [0.1, 0.15) is 12.5 Å². The van der Waals surface area contributed by atoms with E-state index in [2.05, 4.69) is 26.0 Å². The number of para-hydroxylation sites is 1. The van der Waals surface area contributed by atoms with E-state index in [1.807, 2.05) is 18.2 Å². The molecule has 0 aliphatic heterocycles. The Kier molecular flexibility index (Phi) is 5.16. The molecule has 0 aliphatic rings. The van der Waals surface area contributed by atoms with Crippen molar-refractivity contribution in [1.82, 2.24) is 14.6 Å². The Morgan fingerprint density at radius 1 is 1.21 bits per heavy atom. The van der Waals surface area contributed by atoms with E-state index in [-0.39, 0.29) is 5.56 Å². The van der Waals surface area contributed by atoms with Crippen LogP contribution in [0.25, 0.3) is 22.4 Å². The van der Waals surface area contributed by atoms with E-state index in [4.69, 9.17) is 9.47 Å². The van der Waals surface area contributed by atoms with Crippen LogP contribution in [0.15, 0.2) is 51.7 Å². The minimum absolute atomic E-state index is 0.282. The number of hydrogen-bond acceptors (Lipinski definition) is 7. The van der Waals surface area contributed by atoms with Gasteiger partial charge in [0.15, 0.2) is 5.82 Å². The first kappa shape index (κ1) is 19.3. The lowest BCUT2D eigenvalue weighted by molar-refractivity contribution is -0.131. The van der Waals surface area contributed by atoms with E-state index in [9.17, 15) is 9.59 Å². The molecule has 0 spiro atoms. The van der Waals surface area contributed by atoms with Crippen molar-refractivity contribution in [2.24, 2.45) is 0 Å². The average molecular weight is 472 g/mol. The smallest absolute Gasteiger partial charge is 0.308 e. The monoisotopic (exact) mass is 471 g/mol. The number of fused-ring (bicyclic) bond motifs is 1. The summed E-state index contributed by atoms with van der Waals surface area (Å²) in [7, 11) is 1.58. The number of thiazole rings is 1. The molecule has 146 valence electrons. The second-order valence-corrected chi connectivity index (χ2v) is 7.95. The predicted octanol–water partition coefficient (Wildman–Crippen LogP) is 3.06. The third-order valence-electron chi connectivity index (χ3n) is 4.04. The molecule has 0 bridgehead atoms. The molecule has 0 amide bonds. The van der Waals surface area contributed by atoms with Gasteiger partial charge in [-0.05, 0) is 36.4 Å². The van der Waals surface area contributed by atoms with Gasteiger partial charge in [0.2, 0.25) is 4.96 Å². The van der Waals surface area contributed by atoms with Crippen LogP contribution in [-0.2, 0) is 4.79 Å². The van der Waals surface area contributed by atoms with Gasteiger partial charge < -0.3 is 9.47 Å². The van der Waals surface area contributed by atoms with Crippen LogP contribution in [0.4, 0.5) is 0 Å². The zero-order valence-corrected chi connectivity index (χ0v) is 17.8. The number of benzene rings is 2. The summed E-state index contributed by atoms with van der Waals surface area (Å²) in [5.41, 5.74) is 1.02. The number of aromatic nitrogens is 3. The Labute approximate surface area is 177 Å². The third kappa shape index (κ3) is 3.79. The fourth-order valence-electron chi connectivity index (χ4n) is 2.80. The fourth-order valence-corrected chi connectivity index (χ4v) is 4.08. The summed E-state index contributed by atoms with van der Waals surface area (Å²) in [5.74, 6) is 0.874. The van der Waals surface area contributed by atoms with Crippen LogP contribution in [0.5, 0.6) is 11.5 Å². The van der Waals surface area contributed by atoms with Crippen molar-refractivity contribution < 1.29 is 14.3 Å². The quantitative estimate of drug-likeness (QED) is 0.336. The Hall–Kier alpha value is -3.04. The standard InChI is InChI=1S/C20H14BrN3O4S/c1-11(25)28-16-6-4-3-5-14(16)18-22-20-24(23-18)19(26)17(29-20)10-12-9-13(21)7-8-15(12)27-2/h3-10H,1-2H3/b17-10-. The van der Waals surface area contributed by atoms with E-state index in [0.29, 0.717) is 32.4 Å². The summed E-state index contributed by atoms with van der Waals surface area (Å²) in [6.45, 7) is 1.32. The molecule has 0 fully saturated rings. The zero-order valence-electron chi connectivity index (χ0n) is 15.4. The number of carbonyl (C=O) groups is 1. The molecule has 2 aromatic heterocycles. The molecule has 7 nitrogen and oxygen atoms in total. The number of hydrogen-bond donors (Lipinski definition) is 0. The number of nitrogens with zero attached hydrogens (tertiary/aromatic N) is 3. The highest BCUT2D eigenvalue weighted by molar-refractivity contribution is 9.10. The highest BCUT2D eigenvalue weighted by Crippen LogP contribution is 2.28. The molecule has 9 heteroatoms. The van der Waals surface area contributed by atoms with Crippen LogP contribution in [0.3, 0.4) is 0 Å². The molecular weight excluding hydrogens is 458 g/mol. The van der Waals surface area contributed by atoms with Gasteiger partial charge in [0.25, 0.3) is 5.56 Å². The van der Waals surface area contributed by atoms with Gasteiger partial charge in [0.05, 0.1) is 17.2 Å². The summed E-state index contributed by atoms with van der Waals surface area (Å²) in [4.78, 5) is 29.1.